The fourth-order valence-corrected chi connectivity index (χ4v) is 3.81. The molecule has 0 aliphatic rings. The van der Waals surface area contributed by atoms with Gasteiger partial charge in [0.2, 0.25) is 0 Å². The van der Waals surface area contributed by atoms with Gasteiger partial charge in [-0.05, 0) is 77.0 Å². The van der Waals surface area contributed by atoms with Crippen molar-refractivity contribution in [1.82, 2.24) is 0 Å². The van der Waals surface area contributed by atoms with E-state index in [1.54, 1.807) is 18.2 Å². The van der Waals surface area contributed by atoms with Gasteiger partial charge in [-0.15, -0.1) is 0 Å². The van der Waals surface area contributed by atoms with Gasteiger partial charge in [0.15, 0.2) is 11.5 Å². The molecule has 0 bridgehead atoms. The molecule has 3 aromatic rings. The van der Waals surface area contributed by atoms with Crippen molar-refractivity contribution in [2.45, 2.75) is 13.5 Å². The van der Waals surface area contributed by atoms with Crippen LogP contribution in [0.5, 0.6) is 11.5 Å². The maximum absolute atomic E-state index is 12.6. The van der Waals surface area contributed by atoms with Crippen molar-refractivity contribution in [1.29, 1.82) is 5.26 Å². The highest BCUT2D eigenvalue weighted by Crippen LogP contribution is 2.38. The number of hydrogen-bond acceptors (Lipinski definition) is 5. The summed E-state index contributed by atoms with van der Waals surface area (Å²) in [6.07, 6.45) is 1.42. The molecule has 3 aromatic carbocycles. The minimum Gasteiger partial charge on any atom is -0.490 e. The van der Waals surface area contributed by atoms with E-state index >= 15 is 0 Å². The second-order valence-electron chi connectivity index (χ2n) is 7.15. The number of hydrogen-bond donors (Lipinski definition) is 2. The Morgan fingerprint density at radius 3 is 2.49 bits per heavy atom. The van der Waals surface area contributed by atoms with E-state index in [0.29, 0.717) is 38.9 Å². The highest BCUT2D eigenvalue weighted by molar-refractivity contribution is 9.10. The Kier molecular flexibility index (Phi) is 8.90. The van der Waals surface area contributed by atoms with E-state index in [4.69, 9.17) is 26.2 Å². The van der Waals surface area contributed by atoms with Gasteiger partial charge in [-0.3, -0.25) is 4.79 Å². The quantitative estimate of drug-likeness (QED) is 0.236. The minimum absolute atomic E-state index is 0.0872. The van der Waals surface area contributed by atoms with Crippen LogP contribution in [0.2, 0.25) is 5.02 Å². The molecule has 0 saturated carbocycles. The second kappa shape index (κ2) is 12.1. The molecule has 0 atom stereocenters. The van der Waals surface area contributed by atoms with Gasteiger partial charge in [-0.25, -0.2) is 4.79 Å². The van der Waals surface area contributed by atoms with Crippen molar-refractivity contribution in [3.63, 3.8) is 0 Å². The van der Waals surface area contributed by atoms with E-state index in [0.717, 1.165) is 5.56 Å². The number of nitrogens with one attached hydrogen (secondary N) is 1. The molecule has 0 aromatic heterocycles. The Morgan fingerprint density at radius 2 is 1.86 bits per heavy atom. The van der Waals surface area contributed by atoms with E-state index in [-0.39, 0.29) is 17.7 Å². The van der Waals surface area contributed by atoms with Crippen LogP contribution in [0.4, 0.5) is 5.69 Å². The summed E-state index contributed by atoms with van der Waals surface area (Å²) in [5.74, 6) is -0.813. The smallest absolute Gasteiger partial charge is 0.335 e. The lowest BCUT2D eigenvalue weighted by atomic mass is 10.1. The van der Waals surface area contributed by atoms with Crippen LogP contribution in [0.1, 0.15) is 28.4 Å². The minimum atomic E-state index is -1.07. The molecule has 0 radical (unpaired) electrons. The summed E-state index contributed by atoms with van der Waals surface area (Å²) in [6.45, 7) is 2.43. The normalized spacial score (nSPS) is 10.9. The largest absolute Gasteiger partial charge is 0.490 e. The molecule has 0 fully saturated rings. The van der Waals surface area contributed by atoms with Crippen LogP contribution in [-0.4, -0.2) is 23.6 Å². The Hall–Kier alpha value is -3.80. The summed E-state index contributed by atoms with van der Waals surface area (Å²) in [6, 6.07) is 18.2. The number of amides is 1. The molecule has 7 nitrogen and oxygen atoms in total. The molecule has 9 heteroatoms. The lowest BCUT2D eigenvalue weighted by Gasteiger charge is -2.15. The monoisotopic (exact) mass is 554 g/mol. The Morgan fingerprint density at radius 1 is 1.14 bits per heavy atom. The molecule has 178 valence electrons. The Balaban J connectivity index is 1.83. The number of carboxylic acids is 1. The maximum atomic E-state index is 12.6. The molecule has 0 aliphatic heterocycles. The van der Waals surface area contributed by atoms with Crippen molar-refractivity contribution < 1.29 is 24.2 Å². The van der Waals surface area contributed by atoms with Crippen LogP contribution in [0.15, 0.2) is 70.7 Å². The van der Waals surface area contributed by atoms with Crippen LogP contribution >= 0.6 is 27.5 Å². The third-order valence-corrected chi connectivity index (χ3v) is 5.69. The molecule has 35 heavy (non-hydrogen) atoms. The van der Waals surface area contributed by atoms with E-state index in [1.165, 1.54) is 30.3 Å². The number of carbonyl (C=O) groups excluding carboxylic acids is 1. The van der Waals surface area contributed by atoms with E-state index in [2.05, 4.69) is 21.2 Å². The summed E-state index contributed by atoms with van der Waals surface area (Å²) in [5, 5.41) is 21.7. The summed E-state index contributed by atoms with van der Waals surface area (Å²) < 4.78 is 12.3. The van der Waals surface area contributed by atoms with Gasteiger partial charge in [-0.1, -0.05) is 29.8 Å². The predicted molar refractivity (Wildman–Crippen MR) is 137 cm³/mol. The van der Waals surface area contributed by atoms with Crippen LogP contribution in [0, 0.1) is 11.3 Å². The fraction of sp³-hybridized carbons (Fsp3) is 0.115. The van der Waals surface area contributed by atoms with E-state index in [1.807, 2.05) is 31.2 Å². The van der Waals surface area contributed by atoms with Gasteiger partial charge in [0, 0.05) is 16.3 Å². The van der Waals surface area contributed by atoms with Gasteiger partial charge in [-0.2, -0.15) is 5.26 Å². The first-order valence-electron chi connectivity index (χ1n) is 10.4. The first-order valence-corrected chi connectivity index (χ1v) is 11.6. The second-order valence-corrected chi connectivity index (χ2v) is 8.41. The number of anilines is 1. The summed E-state index contributed by atoms with van der Waals surface area (Å²) in [4.78, 5) is 23.6. The molecule has 0 saturated heterocycles. The van der Waals surface area contributed by atoms with E-state index < -0.39 is 11.9 Å². The lowest BCUT2D eigenvalue weighted by molar-refractivity contribution is -0.112. The maximum Gasteiger partial charge on any atom is 0.335 e. The standard InChI is InChI=1S/C26H20BrClN2O5/c1-2-34-23-13-16(12-21(27)24(23)35-15-18-5-3-4-6-22(18)28)11-19(14-29)25(31)30-20-9-7-17(8-10-20)26(32)33/h3-13H,2,15H2,1H3,(H,30,31)(H,32,33)/b19-11+. The first-order chi connectivity index (χ1) is 16.8. The van der Waals surface area contributed by atoms with Crippen molar-refractivity contribution >= 4 is 51.2 Å². The zero-order valence-electron chi connectivity index (χ0n) is 18.5. The molecule has 0 unspecified atom stereocenters. The SMILES string of the molecule is CCOc1cc(/C=C(\C#N)C(=O)Nc2ccc(C(=O)O)cc2)cc(Br)c1OCc1ccccc1Cl. The average molecular weight is 556 g/mol. The number of carbonyl (C=O) groups is 2. The highest BCUT2D eigenvalue weighted by atomic mass is 79.9. The Labute approximate surface area is 215 Å². The van der Waals surface area contributed by atoms with Crippen molar-refractivity contribution in [3.05, 3.63) is 92.4 Å². The van der Waals surface area contributed by atoms with Gasteiger partial charge in [0.25, 0.3) is 5.91 Å². The molecule has 3 rings (SSSR count). The number of nitrogens with zero attached hydrogens (tertiary/aromatic N) is 1. The molecule has 1 amide bonds. The zero-order chi connectivity index (χ0) is 25.4. The summed E-state index contributed by atoms with van der Waals surface area (Å²) in [5.41, 5.74) is 1.65. The number of carboxylic acid groups (broad SMARTS) is 1. The molecular formula is C26H20BrClN2O5. The number of halogens is 2. The molecule has 2 N–H and O–H groups in total. The number of ether oxygens (including phenoxy) is 2. The predicted octanol–water partition coefficient (Wildman–Crippen LogP) is 6.32. The number of rotatable bonds is 9. The van der Waals surface area contributed by atoms with Crippen LogP contribution in [0.25, 0.3) is 6.08 Å². The molecule has 0 heterocycles. The van der Waals surface area contributed by atoms with Crippen molar-refractivity contribution in [3.8, 4) is 17.6 Å². The van der Waals surface area contributed by atoms with Gasteiger partial charge in [0.05, 0.1) is 16.6 Å². The van der Waals surface area contributed by atoms with Gasteiger partial charge in [0.1, 0.15) is 18.2 Å². The summed E-state index contributed by atoms with van der Waals surface area (Å²) in [7, 11) is 0. The van der Waals surface area contributed by atoms with Crippen LogP contribution in [-0.2, 0) is 11.4 Å². The van der Waals surface area contributed by atoms with Crippen molar-refractivity contribution in [2.75, 3.05) is 11.9 Å². The Bertz CT molecular complexity index is 1320. The third-order valence-electron chi connectivity index (χ3n) is 4.73. The molecular weight excluding hydrogens is 536 g/mol. The first kappa shape index (κ1) is 25.8. The van der Waals surface area contributed by atoms with E-state index in [9.17, 15) is 14.9 Å². The number of nitriles is 1. The van der Waals surface area contributed by atoms with Gasteiger partial charge >= 0.3 is 5.97 Å². The lowest BCUT2D eigenvalue weighted by Crippen LogP contribution is -2.13. The summed E-state index contributed by atoms with van der Waals surface area (Å²) >= 11 is 9.70. The van der Waals surface area contributed by atoms with Crippen LogP contribution < -0.4 is 14.8 Å². The third kappa shape index (κ3) is 6.85. The number of benzene rings is 3. The topological polar surface area (TPSA) is 109 Å². The van der Waals surface area contributed by atoms with Gasteiger partial charge < -0.3 is 19.9 Å². The molecule has 0 spiro atoms. The van der Waals surface area contributed by atoms with Crippen molar-refractivity contribution in [2.24, 2.45) is 0 Å². The zero-order valence-corrected chi connectivity index (χ0v) is 20.9. The highest BCUT2D eigenvalue weighted by Gasteiger charge is 2.15. The van der Waals surface area contributed by atoms with Crippen LogP contribution in [0.3, 0.4) is 0 Å². The average Bonchev–Trinajstić information content (AvgIpc) is 2.83. The molecule has 0 aliphatic carbocycles. The fourth-order valence-electron chi connectivity index (χ4n) is 3.05. The number of aromatic carboxylic acids is 1.